The Bertz CT molecular complexity index is 1190. The van der Waals surface area contributed by atoms with Gasteiger partial charge < -0.3 is 20.1 Å². The van der Waals surface area contributed by atoms with Crippen molar-refractivity contribution >= 4 is 29.0 Å². The molecule has 0 spiro atoms. The van der Waals surface area contributed by atoms with Gasteiger partial charge in [-0.05, 0) is 56.3 Å². The lowest BCUT2D eigenvalue weighted by atomic mass is 10.1. The second-order valence-corrected chi connectivity index (χ2v) is 7.04. The summed E-state index contributed by atoms with van der Waals surface area (Å²) in [6.07, 6.45) is 2.65. The van der Waals surface area contributed by atoms with Crippen molar-refractivity contribution in [3.8, 4) is 17.4 Å². The van der Waals surface area contributed by atoms with Crippen molar-refractivity contribution in [3.05, 3.63) is 84.1 Å². The van der Waals surface area contributed by atoms with Crippen LogP contribution in [-0.4, -0.2) is 29.7 Å². The first-order chi connectivity index (χ1) is 15.9. The molecule has 2 N–H and O–H groups in total. The van der Waals surface area contributed by atoms with E-state index in [0.717, 1.165) is 0 Å². The highest BCUT2D eigenvalue weighted by molar-refractivity contribution is 6.10. The van der Waals surface area contributed by atoms with Crippen LogP contribution in [0.25, 0.3) is 0 Å². The van der Waals surface area contributed by atoms with Crippen LogP contribution in [0.4, 0.5) is 11.4 Å². The molecule has 8 nitrogen and oxygen atoms in total. The summed E-state index contributed by atoms with van der Waals surface area (Å²) in [7, 11) is 1.55. The first-order valence-electron chi connectivity index (χ1n) is 10.0. The molecular formula is C25H23N3O5. The zero-order valence-electron chi connectivity index (χ0n) is 18.4. The highest BCUT2D eigenvalue weighted by Crippen LogP contribution is 2.30. The number of carbonyl (C=O) groups excluding carboxylic acids is 3. The molecule has 3 rings (SSSR count). The summed E-state index contributed by atoms with van der Waals surface area (Å²) in [5, 5.41) is 5.33. The highest BCUT2D eigenvalue weighted by Gasteiger charge is 2.10. The third-order valence-electron chi connectivity index (χ3n) is 4.54. The highest BCUT2D eigenvalue weighted by atomic mass is 16.5. The minimum Gasteiger partial charge on any atom is -0.493 e. The Labute approximate surface area is 191 Å². The molecule has 0 aliphatic rings. The molecule has 1 aromatic heterocycles. The second-order valence-electron chi connectivity index (χ2n) is 7.04. The number of hydrogen-bond acceptors (Lipinski definition) is 6. The summed E-state index contributed by atoms with van der Waals surface area (Å²) in [4.78, 5) is 40.1. The van der Waals surface area contributed by atoms with Gasteiger partial charge in [0, 0.05) is 29.0 Å². The largest absolute Gasteiger partial charge is 0.493 e. The first kappa shape index (κ1) is 23.2. The summed E-state index contributed by atoms with van der Waals surface area (Å²) in [5.41, 5.74) is 1.72. The number of anilines is 2. The number of Topliss-reactive ketones (excluding diaryl/α,β-unsaturated/α-hetero) is 1. The van der Waals surface area contributed by atoms with Crippen LogP contribution in [0.15, 0.2) is 78.5 Å². The van der Waals surface area contributed by atoms with Crippen LogP contribution in [0, 0.1) is 0 Å². The molecule has 2 aromatic carbocycles. The molecule has 0 saturated carbocycles. The fourth-order valence-corrected chi connectivity index (χ4v) is 2.79. The molecule has 0 bridgehead atoms. The van der Waals surface area contributed by atoms with Crippen molar-refractivity contribution in [2.75, 3.05) is 17.7 Å². The number of benzene rings is 2. The molecule has 3 aromatic rings. The van der Waals surface area contributed by atoms with E-state index in [-0.39, 0.29) is 11.4 Å². The average Bonchev–Trinajstić information content (AvgIpc) is 2.81. The van der Waals surface area contributed by atoms with Gasteiger partial charge in [-0.1, -0.05) is 12.1 Å². The Balaban J connectivity index is 1.57. The third kappa shape index (κ3) is 6.51. The fraction of sp³-hybridized carbons (Fsp3) is 0.120. The normalized spacial score (nSPS) is 10.8. The molecule has 0 aliphatic heterocycles. The number of nitrogens with zero attached hydrogens (tertiary/aromatic N) is 1. The summed E-state index contributed by atoms with van der Waals surface area (Å²) in [6.45, 7) is 3.00. The maximum atomic E-state index is 12.4. The molecule has 2 amide bonds. The number of aromatic nitrogens is 1. The molecule has 168 valence electrons. The number of carbonyl (C=O) groups is 3. The van der Waals surface area contributed by atoms with Crippen LogP contribution < -0.4 is 20.1 Å². The van der Waals surface area contributed by atoms with Gasteiger partial charge in [0.05, 0.1) is 19.0 Å². The molecular weight excluding hydrogens is 422 g/mol. The Hall–Kier alpha value is -4.46. The number of ether oxygens (including phenoxy) is 2. The van der Waals surface area contributed by atoms with Gasteiger partial charge in [0.2, 0.25) is 11.8 Å². The lowest BCUT2D eigenvalue weighted by Gasteiger charge is -2.10. The zero-order valence-corrected chi connectivity index (χ0v) is 18.4. The van der Waals surface area contributed by atoms with Crippen molar-refractivity contribution in [2.45, 2.75) is 13.8 Å². The molecule has 0 unspecified atom stereocenters. The maximum absolute atomic E-state index is 12.4. The van der Waals surface area contributed by atoms with E-state index in [1.54, 1.807) is 55.6 Å². The number of pyridine rings is 1. The number of nitrogens with one attached hydrogen (secondary N) is 2. The van der Waals surface area contributed by atoms with Crippen LogP contribution in [0.3, 0.4) is 0 Å². The van der Waals surface area contributed by atoms with Crippen LogP contribution in [0.1, 0.15) is 24.2 Å². The first-order valence-corrected chi connectivity index (χ1v) is 10.0. The van der Waals surface area contributed by atoms with Gasteiger partial charge in [0.25, 0.3) is 5.91 Å². The third-order valence-corrected chi connectivity index (χ3v) is 4.54. The number of rotatable bonds is 8. The number of amides is 2. The average molecular weight is 445 g/mol. The summed E-state index contributed by atoms with van der Waals surface area (Å²) >= 11 is 0. The van der Waals surface area contributed by atoms with Crippen molar-refractivity contribution < 1.29 is 23.9 Å². The second kappa shape index (κ2) is 10.7. The van der Waals surface area contributed by atoms with Crippen LogP contribution in [0.2, 0.25) is 0 Å². The number of para-hydroxylation sites is 2. The van der Waals surface area contributed by atoms with E-state index in [1.165, 1.54) is 26.1 Å². The zero-order chi connectivity index (χ0) is 23.8. The summed E-state index contributed by atoms with van der Waals surface area (Å²) in [6, 6.07) is 16.9. The minimum absolute atomic E-state index is 0.0610. The predicted molar refractivity (Wildman–Crippen MR) is 125 cm³/mol. The van der Waals surface area contributed by atoms with E-state index in [9.17, 15) is 14.4 Å². The Morgan fingerprint density at radius 2 is 1.52 bits per heavy atom. The Kier molecular flexibility index (Phi) is 7.54. The van der Waals surface area contributed by atoms with Gasteiger partial charge in [-0.2, -0.15) is 0 Å². The number of methoxy groups -OCH3 is 1. The van der Waals surface area contributed by atoms with E-state index < -0.39 is 11.8 Å². The van der Waals surface area contributed by atoms with E-state index in [0.29, 0.717) is 34.3 Å². The molecule has 0 aliphatic carbocycles. The summed E-state index contributed by atoms with van der Waals surface area (Å²) in [5.74, 6) is 0.457. The van der Waals surface area contributed by atoms with Crippen molar-refractivity contribution in [2.24, 2.45) is 0 Å². The van der Waals surface area contributed by atoms with Gasteiger partial charge >= 0.3 is 0 Å². The predicted octanol–water partition coefficient (Wildman–Crippen LogP) is 4.61. The molecule has 0 atom stereocenters. The van der Waals surface area contributed by atoms with E-state index in [4.69, 9.17) is 9.47 Å². The standard InChI is InChI=1S/C25H23N3O5/c1-16(14-23(30)27-19-10-8-18(9-11-19)17(2)29)25(31)28-20-12-13-24(26-15-20)33-22-7-5-4-6-21(22)32-3/h4-15H,1-3H3,(H,27,30)(H,28,31)/b16-14-. The van der Waals surface area contributed by atoms with E-state index >= 15 is 0 Å². The smallest absolute Gasteiger partial charge is 0.251 e. The molecule has 8 heteroatoms. The lowest BCUT2D eigenvalue weighted by molar-refractivity contribution is -0.114. The van der Waals surface area contributed by atoms with Crippen LogP contribution in [-0.2, 0) is 9.59 Å². The maximum Gasteiger partial charge on any atom is 0.251 e. The minimum atomic E-state index is -0.461. The van der Waals surface area contributed by atoms with Crippen molar-refractivity contribution in [3.63, 3.8) is 0 Å². The molecule has 0 fully saturated rings. The molecule has 33 heavy (non-hydrogen) atoms. The topological polar surface area (TPSA) is 107 Å². The van der Waals surface area contributed by atoms with Gasteiger partial charge in [-0.25, -0.2) is 4.98 Å². The van der Waals surface area contributed by atoms with Crippen molar-refractivity contribution in [1.82, 2.24) is 4.98 Å². The van der Waals surface area contributed by atoms with Gasteiger partial charge in [-0.3, -0.25) is 14.4 Å². The van der Waals surface area contributed by atoms with E-state index in [2.05, 4.69) is 15.6 Å². The van der Waals surface area contributed by atoms with Gasteiger partial charge in [-0.15, -0.1) is 0 Å². The Morgan fingerprint density at radius 1 is 0.848 bits per heavy atom. The van der Waals surface area contributed by atoms with Gasteiger partial charge in [0.15, 0.2) is 17.3 Å². The quantitative estimate of drug-likeness (QED) is 0.387. The van der Waals surface area contributed by atoms with Crippen LogP contribution in [0.5, 0.6) is 17.4 Å². The molecule has 1 heterocycles. The lowest BCUT2D eigenvalue weighted by Crippen LogP contribution is -2.16. The SMILES string of the molecule is COc1ccccc1Oc1ccc(NC(=O)/C(C)=C\C(=O)Nc2ccc(C(C)=O)cc2)cn1. The molecule has 0 saturated heterocycles. The van der Waals surface area contributed by atoms with Crippen LogP contribution >= 0.6 is 0 Å². The Morgan fingerprint density at radius 3 is 2.12 bits per heavy atom. The fourth-order valence-electron chi connectivity index (χ4n) is 2.79. The van der Waals surface area contributed by atoms with Crippen molar-refractivity contribution in [1.29, 1.82) is 0 Å². The summed E-state index contributed by atoms with van der Waals surface area (Å²) < 4.78 is 10.9. The number of hydrogen-bond donors (Lipinski definition) is 2. The molecule has 0 radical (unpaired) electrons. The number of ketones is 1. The monoisotopic (exact) mass is 445 g/mol. The van der Waals surface area contributed by atoms with E-state index in [1.807, 2.05) is 12.1 Å². The van der Waals surface area contributed by atoms with Gasteiger partial charge in [0.1, 0.15) is 0 Å².